The molecule has 3 aromatic rings. The fraction of sp³-hybridized carbons (Fsp3) is 0.381. The topological polar surface area (TPSA) is 28.6 Å². The van der Waals surface area contributed by atoms with Crippen molar-refractivity contribution >= 4 is 27.2 Å². The quantitative estimate of drug-likeness (QED) is 0.692. The van der Waals surface area contributed by atoms with Gasteiger partial charge in [0, 0.05) is 48.9 Å². The van der Waals surface area contributed by atoms with Crippen molar-refractivity contribution in [3.05, 3.63) is 58.6 Å². The Morgan fingerprint density at radius 3 is 2.88 bits per heavy atom. The SMILES string of the molecule is CN1Cc2cc(N3CCOCC3)ccc2C(c2cc3ncccc3s2)C1. The summed E-state index contributed by atoms with van der Waals surface area (Å²) in [5.74, 6) is 0.432. The molecule has 5 rings (SSSR count). The molecule has 0 radical (unpaired) electrons. The molecule has 2 aromatic heterocycles. The Hall–Kier alpha value is -1.95. The highest BCUT2D eigenvalue weighted by Gasteiger charge is 2.27. The molecule has 26 heavy (non-hydrogen) atoms. The first kappa shape index (κ1) is 16.2. The first-order valence-corrected chi connectivity index (χ1v) is 10.1. The molecule has 0 aliphatic carbocycles. The molecule has 2 aliphatic rings. The third-order valence-electron chi connectivity index (χ3n) is 5.46. The second-order valence-electron chi connectivity index (χ2n) is 7.27. The van der Waals surface area contributed by atoms with Crippen LogP contribution in [-0.2, 0) is 11.3 Å². The van der Waals surface area contributed by atoms with Crippen molar-refractivity contribution in [1.29, 1.82) is 0 Å². The molecule has 1 saturated heterocycles. The van der Waals surface area contributed by atoms with Gasteiger partial charge in [0.25, 0.3) is 0 Å². The molecule has 1 fully saturated rings. The molecule has 0 N–H and O–H groups in total. The number of nitrogens with zero attached hydrogens (tertiary/aromatic N) is 3. The van der Waals surface area contributed by atoms with Crippen LogP contribution in [0.25, 0.3) is 10.2 Å². The van der Waals surface area contributed by atoms with Crippen LogP contribution in [0.2, 0.25) is 0 Å². The third-order valence-corrected chi connectivity index (χ3v) is 6.67. The number of hydrogen-bond donors (Lipinski definition) is 0. The first-order valence-electron chi connectivity index (χ1n) is 9.26. The number of hydrogen-bond acceptors (Lipinski definition) is 5. The van der Waals surface area contributed by atoms with Crippen LogP contribution in [0.4, 0.5) is 5.69 Å². The van der Waals surface area contributed by atoms with Crippen LogP contribution in [0, 0.1) is 0 Å². The van der Waals surface area contributed by atoms with Gasteiger partial charge in [-0.05, 0) is 48.5 Å². The fourth-order valence-corrected chi connectivity index (χ4v) is 5.29. The van der Waals surface area contributed by atoms with E-state index in [1.165, 1.54) is 26.4 Å². The Morgan fingerprint density at radius 1 is 1.15 bits per heavy atom. The lowest BCUT2D eigenvalue weighted by atomic mass is 9.88. The van der Waals surface area contributed by atoms with E-state index in [1.54, 1.807) is 0 Å². The van der Waals surface area contributed by atoms with Gasteiger partial charge < -0.3 is 14.5 Å². The van der Waals surface area contributed by atoms with Gasteiger partial charge in [0.1, 0.15) is 0 Å². The highest BCUT2D eigenvalue weighted by Crippen LogP contribution is 2.39. The monoisotopic (exact) mass is 365 g/mol. The first-order chi connectivity index (χ1) is 12.8. The Morgan fingerprint density at radius 2 is 2.04 bits per heavy atom. The Bertz CT molecular complexity index is 899. The molecular formula is C21H23N3OS. The van der Waals surface area contributed by atoms with E-state index in [9.17, 15) is 0 Å². The zero-order valence-corrected chi connectivity index (χ0v) is 15.8. The predicted octanol–water partition coefficient (Wildman–Crippen LogP) is 3.71. The number of ether oxygens (including phenoxy) is 1. The minimum absolute atomic E-state index is 0.432. The molecule has 2 aliphatic heterocycles. The van der Waals surface area contributed by atoms with E-state index in [0.717, 1.165) is 44.9 Å². The van der Waals surface area contributed by atoms with Crippen molar-refractivity contribution in [1.82, 2.24) is 9.88 Å². The van der Waals surface area contributed by atoms with E-state index >= 15 is 0 Å². The summed E-state index contributed by atoms with van der Waals surface area (Å²) in [4.78, 5) is 10.8. The lowest BCUT2D eigenvalue weighted by Gasteiger charge is -2.34. The number of thiophene rings is 1. The van der Waals surface area contributed by atoms with E-state index < -0.39 is 0 Å². The van der Waals surface area contributed by atoms with E-state index in [4.69, 9.17) is 4.74 Å². The van der Waals surface area contributed by atoms with Crippen LogP contribution in [0.15, 0.2) is 42.6 Å². The highest BCUT2D eigenvalue weighted by atomic mass is 32.1. The van der Waals surface area contributed by atoms with Crippen LogP contribution in [0.5, 0.6) is 0 Å². The van der Waals surface area contributed by atoms with Gasteiger partial charge in [-0.25, -0.2) is 0 Å². The Balaban J connectivity index is 1.53. The summed E-state index contributed by atoms with van der Waals surface area (Å²) < 4.78 is 6.78. The molecule has 1 aromatic carbocycles. The largest absolute Gasteiger partial charge is 0.378 e. The second-order valence-corrected chi connectivity index (χ2v) is 8.38. The number of likely N-dealkylation sites (N-methyl/N-ethyl adjacent to an activating group) is 1. The normalized spacial score (nSPS) is 21.1. The van der Waals surface area contributed by atoms with Crippen molar-refractivity contribution in [2.45, 2.75) is 12.5 Å². The lowest BCUT2D eigenvalue weighted by Crippen LogP contribution is -2.36. The molecule has 0 spiro atoms. The summed E-state index contributed by atoms with van der Waals surface area (Å²) in [5.41, 5.74) is 5.39. The number of pyridine rings is 1. The van der Waals surface area contributed by atoms with E-state index in [0.29, 0.717) is 5.92 Å². The van der Waals surface area contributed by atoms with Gasteiger partial charge in [-0.3, -0.25) is 4.98 Å². The van der Waals surface area contributed by atoms with E-state index in [2.05, 4.69) is 52.2 Å². The number of morpholine rings is 1. The van der Waals surface area contributed by atoms with Crippen molar-refractivity contribution in [3.8, 4) is 0 Å². The molecule has 4 nitrogen and oxygen atoms in total. The maximum atomic E-state index is 5.50. The summed E-state index contributed by atoms with van der Waals surface area (Å²) >= 11 is 1.89. The molecule has 134 valence electrons. The molecule has 4 heterocycles. The number of rotatable bonds is 2. The molecular weight excluding hydrogens is 342 g/mol. The fourth-order valence-electron chi connectivity index (χ4n) is 4.16. The van der Waals surface area contributed by atoms with Gasteiger partial charge in [-0.2, -0.15) is 0 Å². The average molecular weight is 366 g/mol. The minimum atomic E-state index is 0.432. The zero-order valence-electron chi connectivity index (χ0n) is 15.0. The van der Waals surface area contributed by atoms with Gasteiger partial charge in [0.15, 0.2) is 0 Å². The predicted molar refractivity (Wildman–Crippen MR) is 107 cm³/mol. The average Bonchev–Trinajstić information content (AvgIpc) is 3.11. The Labute approximate surface area is 158 Å². The van der Waals surface area contributed by atoms with Crippen LogP contribution >= 0.6 is 11.3 Å². The summed E-state index contributed by atoms with van der Waals surface area (Å²) in [6.07, 6.45) is 1.88. The zero-order chi connectivity index (χ0) is 17.5. The van der Waals surface area contributed by atoms with Crippen LogP contribution < -0.4 is 4.90 Å². The summed E-state index contributed by atoms with van der Waals surface area (Å²) in [5, 5.41) is 0. The molecule has 0 amide bonds. The standard InChI is InChI=1S/C21H23N3OS/c1-23-13-15-11-16(24-7-9-25-10-8-24)4-5-17(15)18(14-23)21-12-19-20(26-21)3-2-6-22-19/h2-6,11-12,18H,7-10,13-14H2,1H3. The number of fused-ring (bicyclic) bond motifs is 2. The lowest BCUT2D eigenvalue weighted by molar-refractivity contribution is 0.122. The van der Waals surface area contributed by atoms with Crippen molar-refractivity contribution < 1.29 is 4.74 Å². The van der Waals surface area contributed by atoms with Crippen LogP contribution in [-0.4, -0.2) is 49.8 Å². The van der Waals surface area contributed by atoms with Crippen molar-refractivity contribution in [2.75, 3.05) is 44.8 Å². The van der Waals surface area contributed by atoms with Crippen molar-refractivity contribution in [2.24, 2.45) is 0 Å². The number of anilines is 1. The molecule has 0 bridgehead atoms. The maximum Gasteiger partial charge on any atom is 0.0812 e. The molecule has 5 heteroatoms. The smallest absolute Gasteiger partial charge is 0.0812 e. The maximum absolute atomic E-state index is 5.50. The summed E-state index contributed by atoms with van der Waals surface area (Å²) in [6.45, 7) is 5.72. The second kappa shape index (κ2) is 6.65. The molecule has 1 unspecified atom stereocenters. The van der Waals surface area contributed by atoms with E-state index in [1.807, 2.05) is 23.6 Å². The van der Waals surface area contributed by atoms with Gasteiger partial charge in [-0.15, -0.1) is 11.3 Å². The number of benzene rings is 1. The van der Waals surface area contributed by atoms with Crippen LogP contribution in [0.1, 0.15) is 21.9 Å². The minimum Gasteiger partial charge on any atom is -0.378 e. The molecule has 0 saturated carbocycles. The van der Waals surface area contributed by atoms with Gasteiger partial charge in [0.2, 0.25) is 0 Å². The Kier molecular flexibility index (Phi) is 4.15. The van der Waals surface area contributed by atoms with Gasteiger partial charge in [0.05, 0.1) is 23.4 Å². The van der Waals surface area contributed by atoms with Gasteiger partial charge in [-0.1, -0.05) is 6.07 Å². The highest BCUT2D eigenvalue weighted by molar-refractivity contribution is 7.19. The molecule has 1 atom stereocenters. The van der Waals surface area contributed by atoms with Crippen molar-refractivity contribution in [3.63, 3.8) is 0 Å². The summed E-state index contributed by atoms with van der Waals surface area (Å²) in [7, 11) is 2.23. The summed E-state index contributed by atoms with van der Waals surface area (Å²) in [6, 6.07) is 13.5. The van der Waals surface area contributed by atoms with Crippen LogP contribution in [0.3, 0.4) is 0 Å². The van der Waals surface area contributed by atoms with E-state index in [-0.39, 0.29) is 0 Å². The third kappa shape index (κ3) is 2.90. The number of aromatic nitrogens is 1. The van der Waals surface area contributed by atoms with Gasteiger partial charge >= 0.3 is 0 Å².